The number of nitrogens with zero attached hydrogens (tertiary/aromatic N) is 5. The van der Waals surface area contributed by atoms with E-state index in [1.165, 1.54) is 5.69 Å². The predicted molar refractivity (Wildman–Crippen MR) is 94.9 cm³/mol. The number of nitrogens with one attached hydrogen (secondary N) is 1. The lowest BCUT2D eigenvalue weighted by Gasteiger charge is -2.29. The van der Waals surface area contributed by atoms with Gasteiger partial charge < -0.3 is 9.47 Å². The number of halogens is 1. The zero-order chi connectivity index (χ0) is 17.4. The van der Waals surface area contributed by atoms with Gasteiger partial charge in [0.25, 0.3) is 5.56 Å². The number of H-pyrrole nitrogens is 1. The molecule has 0 atom stereocenters. The second-order valence-corrected chi connectivity index (χ2v) is 6.52. The number of fused-ring (bicyclic) bond motifs is 1. The molecule has 3 aromatic heterocycles. The van der Waals surface area contributed by atoms with Gasteiger partial charge in [0.2, 0.25) is 0 Å². The molecule has 128 valence electrons. The first kappa shape index (κ1) is 15.8. The first-order valence-electron chi connectivity index (χ1n) is 8.04. The van der Waals surface area contributed by atoms with Crippen LogP contribution in [0.4, 0.5) is 5.69 Å². The molecule has 0 bridgehead atoms. The molecule has 1 N–H and O–H groups in total. The van der Waals surface area contributed by atoms with Crippen LogP contribution in [0.25, 0.3) is 0 Å². The van der Waals surface area contributed by atoms with Crippen LogP contribution in [0, 0.1) is 6.92 Å². The molecular formula is C17H17ClN6O. The molecule has 0 saturated carbocycles. The van der Waals surface area contributed by atoms with Crippen molar-refractivity contribution in [3.63, 3.8) is 0 Å². The molecule has 8 heteroatoms. The average Bonchev–Trinajstić information content (AvgIpc) is 3.01. The van der Waals surface area contributed by atoms with Crippen LogP contribution in [0.3, 0.4) is 0 Å². The number of hydrogen-bond donors (Lipinski definition) is 1. The highest BCUT2D eigenvalue weighted by molar-refractivity contribution is 6.32. The first-order valence-corrected chi connectivity index (χ1v) is 8.42. The van der Waals surface area contributed by atoms with E-state index in [-0.39, 0.29) is 10.6 Å². The molecule has 0 saturated heterocycles. The van der Waals surface area contributed by atoms with Crippen molar-refractivity contribution in [3.8, 4) is 0 Å². The lowest BCUT2D eigenvalue weighted by Crippen LogP contribution is -2.32. The minimum Gasteiger partial charge on any atom is -0.362 e. The maximum atomic E-state index is 11.7. The van der Waals surface area contributed by atoms with Crippen molar-refractivity contribution in [3.05, 3.63) is 68.9 Å². The van der Waals surface area contributed by atoms with Gasteiger partial charge in [0.15, 0.2) is 0 Å². The van der Waals surface area contributed by atoms with Crippen molar-refractivity contribution in [1.29, 1.82) is 0 Å². The van der Waals surface area contributed by atoms with Crippen molar-refractivity contribution >= 4 is 17.3 Å². The Kier molecular flexibility index (Phi) is 4.01. The summed E-state index contributed by atoms with van der Waals surface area (Å²) < 4.78 is 2.16. The van der Waals surface area contributed by atoms with Gasteiger partial charge in [-0.05, 0) is 18.6 Å². The van der Waals surface area contributed by atoms with E-state index < -0.39 is 0 Å². The Morgan fingerprint density at radius 1 is 1.28 bits per heavy atom. The molecule has 0 amide bonds. The Morgan fingerprint density at radius 2 is 2.16 bits per heavy atom. The standard InChI is InChI=1S/C17H17ClN6O/c1-11-2-3-12(6-19-11)8-24-10-20-13-9-23(5-4-14(13)24)15-7-21-22-17(25)16(15)18/h2-3,6-7,10H,4-5,8-9H2,1H3,(H,22,25). The summed E-state index contributed by atoms with van der Waals surface area (Å²) in [6.07, 6.45) is 6.19. The van der Waals surface area contributed by atoms with Crippen LogP contribution < -0.4 is 10.5 Å². The summed E-state index contributed by atoms with van der Waals surface area (Å²) in [4.78, 5) is 22.6. The molecule has 3 aromatic rings. The van der Waals surface area contributed by atoms with E-state index in [4.69, 9.17) is 11.6 Å². The van der Waals surface area contributed by atoms with Gasteiger partial charge in [-0.3, -0.25) is 9.78 Å². The van der Waals surface area contributed by atoms with Gasteiger partial charge in [-0.2, -0.15) is 5.10 Å². The second-order valence-electron chi connectivity index (χ2n) is 6.14. The Labute approximate surface area is 149 Å². The summed E-state index contributed by atoms with van der Waals surface area (Å²) in [5.74, 6) is 0. The van der Waals surface area contributed by atoms with E-state index in [2.05, 4.69) is 30.8 Å². The molecule has 0 fully saturated rings. The van der Waals surface area contributed by atoms with Crippen LogP contribution >= 0.6 is 11.6 Å². The lowest BCUT2D eigenvalue weighted by atomic mass is 10.1. The fourth-order valence-electron chi connectivity index (χ4n) is 3.10. The summed E-state index contributed by atoms with van der Waals surface area (Å²) in [6.45, 7) is 4.10. The van der Waals surface area contributed by atoms with Crippen molar-refractivity contribution in [2.45, 2.75) is 26.4 Å². The van der Waals surface area contributed by atoms with Gasteiger partial charge in [-0.1, -0.05) is 17.7 Å². The molecule has 0 aromatic carbocycles. The number of anilines is 1. The Bertz CT molecular complexity index is 962. The van der Waals surface area contributed by atoms with Gasteiger partial charge in [-0.15, -0.1) is 0 Å². The number of aryl methyl sites for hydroxylation is 1. The minimum absolute atomic E-state index is 0.170. The van der Waals surface area contributed by atoms with E-state index in [0.29, 0.717) is 12.2 Å². The van der Waals surface area contributed by atoms with E-state index in [9.17, 15) is 4.79 Å². The van der Waals surface area contributed by atoms with Gasteiger partial charge in [0, 0.05) is 30.6 Å². The van der Waals surface area contributed by atoms with Crippen LogP contribution in [0.1, 0.15) is 22.6 Å². The van der Waals surface area contributed by atoms with Gasteiger partial charge in [-0.25, -0.2) is 10.1 Å². The molecule has 0 spiro atoms. The number of imidazole rings is 1. The van der Waals surface area contributed by atoms with Crippen LogP contribution in [0.15, 0.2) is 35.6 Å². The van der Waals surface area contributed by atoms with Crippen LogP contribution in [-0.2, 0) is 19.5 Å². The van der Waals surface area contributed by atoms with E-state index >= 15 is 0 Å². The fourth-order valence-corrected chi connectivity index (χ4v) is 3.31. The highest BCUT2D eigenvalue weighted by atomic mass is 35.5. The SMILES string of the molecule is Cc1ccc(Cn2cnc3c2CCN(c2cn[nH]c(=O)c2Cl)C3)cn1. The van der Waals surface area contributed by atoms with E-state index in [1.54, 1.807) is 6.20 Å². The van der Waals surface area contributed by atoms with Crippen LogP contribution in [0.5, 0.6) is 0 Å². The third-order valence-corrected chi connectivity index (χ3v) is 4.80. The maximum absolute atomic E-state index is 11.7. The van der Waals surface area contributed by atoms with Crippen molar-refractivity contribution in [2.24, 2.45) is 0 Å². The van der Waals surface area contributed by atoms with Gasteiger partial charge in [0.1, 0.15) is 5.02 Å². The summed E-state index contributed by atoms with van der Waals surface area (Å²) >= 11 is 6.12. The Morgan fingerprint density at radius 3 is 2.96 bits per heavy atom. The Hall–Kier alpha value is -2.67. The Balaban J connectivity index is 1.57. The molecule has 0 radical (unpaired) electrons. The van der Waals surface area contributed by atoms with Crippen molar-refractivity contribution in [1.82, 2.24) is 24.7 Å². The number of aromatic nitrogens is 5. The normalized spacial score (nSPS) is 13.8. The minimum atomic E-state index is -0.373. The summed E-state index contributed by atoms with van der Waals surface area (Å²) in [5, 5.41) is 6.36. The van der Waals surface area contributed by atoms with Crippen LogP contribution in [-0.4, -0.2) is 31.3 Å². The van der Waals surface area contributed by atoms with Gasteiger partial charge >= 0.3 is 0 Å². The third-order valence-electron chi connectivity index (χ3n) is 4.44. The summed E-state index contributed by atoms with van der Waals surface area (Å²) in [7, 11) is 0. The lowest BCUT2D eigenvalue weighted by molar-refractivity contribution is 0.659. The smallest absolute Gasteiger partial charge is 0.285 e. The van der Waals surface area contributed by atoms with E-state index in [0.717, 1.165) is 36.5 Å². The second kappa shape index (κ2) is 6.33. The average molecular weight is 357 g/mol. The number of pyridine rings is 1. The zero-order valence-corrected chi connectivity index (χ0v) is 14.5. The van der Waals surface area contributed by atoms with E-state index in [1.807, 2.05) is 30.4 Å². The molecular weight excluding hydrogens is 340 g/mol. The third kappa shape index (κ3) is 3.02. The molecule has 1 aliphatic rings. The topological polar surface area (TPSA) is 79.7 Å². The largest absolute Gasteiger partial charge is 0.362 e. The maximum Gasteiger partial charge on any atom is 0.285 e. The highest BCUT2D eigenvalue weighted by Crippen LogP contribution is 2.27. The number of hydrogen-bond acceptors (Lipinski definition) is 5. The highest BCUT2D eigenvalue weighted by Gasteiger charge is 2.23. The molecule has 7 nitrogen and oxygen atoms in total. The quantitative estimate of drug-likeness (QED) is 0.775. The number of aromatic amines is 1. The molecule has 4 heterocycles. The first-order chi connectivity index (χ1) is 12.1. The molecule has 0 aliphatic carbocycles. The van der Waals surface area contributed by atoms with Crippen LogP contribution in [0.2, 0.25) is 5.02 Å². The van der Waals surface area contributed by atoms with Crippen molar-refractivity contribution in [2.75, 3.05) is 11.4 Å². The van der Waals surface area contributed by atoms with Crippen molar-refractivity contribution < 1.29 is 0 Å². The molecule has 1 aliphatic heterocycles. The monoisotopic (exact) mass is 356 g/mol. The zero-order valence-electron chi connectivity index (χ0n) is 13.7. The molecule has 25 heavy (non-hydrogen) atoms. The molecule has 0 unspecified atom stereocenters. The summed E-state index contributed by atoms with van der Waals surface area (Å²) in [5.41, 5.74) is 4.65. The predicted octanol–water partition coefficient (Wildman–Crippen LogP) is 1.93. The summed E-state index contributed by atoms with van der Waals surface area (Å²) in [6, 6.07) is 4.11. The fraction of sp³-hybridized carbons (Fsp3) is 0.294. The molecule has 4 rings (SSSR count). The van der Waals surface area contributed by atoms with Gasteiger partial charge in [0.05, 0.1) is 37.0 Å². The number of rotatable bonds is 3.